The summed E-state index contributed by atoms with van der Waals surface area (Å²) in [4.78, 5) is 26.5. The number of rotatable bonds is 7. The molecule has 0 aliphatic carbocycles. The Morgan fingerprint density at radius 1 is 0.969 bits per heavy atom. The van der Waals surface area contributed by atoms with Gasteiger partial charge in [0.25, 0.3) is 5.91 Å². The van der Waals surface area contributed by atoms with E-state index in [1.165, 1.54) is 0 Å². The molecule has 1 heterocycles. The van der Waals surface area contributed by atoms with Crippen LogP contribution in [0.1, 0.15) is 28.8 Å². The summed E-state index contributed by atoms with van der Waals surface area (Å²) in [7, 11) is 0. The van der Waals surface area contributed by atoms with Gasteiger partial charge >= 0.3 is 0 Å². The Labute approximate surface area is 188 Å². The van der Waals surface area contributed by atoms with E-state index in [1.807, 2.05) is 77.7 Å². The number of aliphatic hydroxyl groups is 1. The van der Waals surface area contributed by atoms with Crippen LogP contribution in [0.2, 0.25) is 0 Å². The van der Waals surface area contributed by atoms with Crippen molar-refractivity contribution in [2.75, 3.05) is 13.1 Å². The van der Waals surface area contributed by atoms with Gasteiger partial charge in [0.1, 0.15) is 6.10 Å². The second kappa shape index (κ2) is 9.94. The Balaban J connectivity index is 1.37. The Morgan fingerprint density at radius 3 is 2.31 bits per heavy atom. The van der Waals surface area contributed by atoms with Crippen LogP contribution in [-0.4, -0.2) is 53.1 Å². The number of amides is 2. The largest absolute Gasteiger partial charge is 0.382 e. The molecule has 4 rings (SSSR count). The van der Waals surface area contributed by atoms with Crippen LogP contribution in [-0.2, 0) is 11.2 Å². The van der Waals surface area contributed by atoms with Crippen molar-refractivity contribution >= 4 is 22.6 Å². The van der Waals surface area contributed by atoms with Gasteiger partial charge in [-0.25, -0.2) is 0 Å². The van der Waals surface area contributed by atoms with Crippen molar-refractivity contribution in [2.24, 2.45) is 5.73 Å². The SMILES string of the molecule is NC(=O)[C@H](O)[C@H](Cc1ccccc1)NC1CCN(C(=O)c2ccc3ccccc3c2)CC1. The summed E-state index contributed by atoms with van der Waals surface area (Å²) in [6.45, 7) is 1.24. The molecule has 1 aliphatic rings. The van der Waals surface area contributed by atoms with Gasteiger partial charge in [-0.3, -0.25) is 9.59 Å². The fourth-order valence-corrected chi connectivity index (χ4v) is 4.38. The number of fused-ring (bicyclic) bond motifs is 1. The van der Waals surface area contributed by atoms with Crippen LogP contribution in [0.25, 0.3) is 10.8 Å². The minimum atomic E-state index is -1.27. The number of hydrogen-bond acceptors (Lipinski definition) is 4. The summed E-state index contributed by atoms with van der Waals surface area (Å²) < 4.78 is 0. The number of nitrogens with one attached hydrogen (secondary N) is 1. The molecule has 0 unspecified atom stereocenters. The van der Waals surface area contributed by atoms with Crippen LogP contribution in [0.15, 0.2) is 72.8 Å². The number of likely N-dealkylation sites (tertiary alicyclic amines) is 1. The highest BCUT2D eigenvalue weighted by Gasteiger charge is 2.30. The Morgan fingerprint density at radius 2 is 1.62 bits per heavy atom. The topological polar surface area (TPSA) is 95.7 Å². The van der Waals surface area contributed by atoms with Crippen LogP contribution in [0.4, 0.5) is 0 Å². The first-order valence-corrected chi connectivity index (χ1v) is 11.1. The predicted octanol–water partition coefficient (Wildman–Crippen LogP) is 2.49. The molecule has 1 fully saturated rings. The molecule has 0 saturated carbocycles. The molecule has 3 aromatic rings. The number of piperidine rings is 1. The average Bonchev–Trinajstić information content (AvgIpc) is 2.83. The molecule has 0 aromatic heterocycles. The number of primary amides is 1. The van der Waals surface area contributed by atoms with Crippen molar-refractivity contribution in [2.45, 2.75) is 37.5 Å². The number of carbonyl (C=O) groups excluding carboxylic acids is 2. The van der Waals surface area contributed by atoms with E-state index in [9.17, 15) is 14.7 Å². The zero-order valence-corrected chi connectivity index (χ0v) is 18.0. The zero-order chi connectivity index (χ0) is 22.5. The standard InChI is InChI=1S/C26H29N3O3/c27-25(31)24(30)23(16-18-6-2-1-3-7-18)28-22-12-14-29(15-13-22)26(32)21-11-10-19-8-4-5-9-20(19)17-21/h1-11,17,22-24,28,30H,12-16H2,(H2,27,31)/t23-,24+/m0/s1. The van der Waals surface area contributed by atoms with Crippen molar-refractivity contribution in [1.82, 2.24) is 10.2 Å². The van der Waals surface area contributed by atoms with E-state index in [2.05, 4.69) is 5.32 Å². The van der Waals surface area contributed by atoms with Gasteiger partial charge in [-0.1, -0.05) is 60.7 Å². The third-order valence-electron chi connectivity index (χ3n) is 6.20. The van der Waals surface area contributed by atoms with E-state index >= 15 is 0 Å². The molecule has 0 radical (unpaired) electrons. The highest BCUT2D eigenvalue weighted by atomic mass is 16.3. The highest BCUT2D eigenvalue weighted by Crippen LogP contribution is 2.20. The lowest BCUT2D eigenvalue weighted by Gasteiger charge is -2.35. The van der Waals surface area contributed by atoms with Crippen LogP contribution >= 0.6 is 0 Å². The molecule has 2 amide bonds. The molecule has 1 aliphatic heterocycles. The van der Waals surface area contributed by atoms with Gasteiger partial charge in [-0.05, 0) is 47.7 Å². The second-order valence-electron chi connectivity index (χ2n) is 8.44. The lowest BCUT2D eigenvalue weighted by atomic mass is 9.96. The fourth-order valence-electron chi connectivity index (χ4n) is 4.38. The highest BCUT2D eigenvalue weighted by molar-refractivity contribution is 5.98. The van der Waals surface area contributed by atoms with Gasteiger partial charge in [0.15, 0.2) is 0 Å². The molecule has 4 N–H and O–H groups in total. The summed E-state index contributed by atoms with van der Waals surface area (Å²) in [6.07, 6.45) is 0.723. The van der Waals surface area contributed by atoms with Crippen molar-refractivity contribution in [1.29, 1.82) is 0 Å². The molecule has 32 heavy (non-hydrogen) atoms. The number of aliphatic hydroxyl groups excluding tert-OH is 1. The van der Waals surface area contributed by atoms with E-state index in [1.54, 1.807) is 0 Å². The quantitative estimate of drug-likeness (QED) is 0.536. The van der Waals surface area contributed by atoms with Gasteiger partial charge < -0.3 is 21.1 Å². The number of nitrogens with zero attached hydrogens (tertiary/aromatic N) is 1. The molecule has 6 heteroatoms. The second-order valence-corrected chi connectivity index (χ2v) is 8.44. The number of nitrogens with two attached hydrogens (primary N) is 1. The molecule has 0 spiro atoms. The first-order valence-electron chi connectivity index (χ1n) is 11.1. The third-order valence-corrected chi connectivity index (χ3v) is 6.20. The van der Waals surface area contributed by atoms with Crippen molar-refractivity contribution in [3.63, 3.8) is 0 Å². The van der Waals surface area contributed by atoms with Gasteiger partial charge in [-0.15, -0.1) is 0 Å². The monoisotopic (exact) mass is 431 g/mol. The number of hydrogen-bond donors (Lipinski definition) is 3. The van der Waals surface area contributed by atoms with Gasteiger partial charge in [-0.2, -0.15) is 0 Å². The summed E-state index contributed by atoms with van der Waals surface area (Å²) in [5.41, 5.74) is 7.10. The molecular weight excluding hydrogens is 402 g/mol. The zero-order valence-electron chi connectivity index (χ0n) is 18.0. The Kier molecular flexibility index (Phi) is 6.83. The average molecular weight is 432 g/mol. The van der Waals surface area contributed by atoms with Crippen molar-refractivity contribution in [3.8, 4) is 0 Å². The van der Waals surface area contributed by atoms with E-state index in [0.29, 0.717) is 25.1 Å². The van der Waals surface area contributed by atoms with Gasteiger partial charge in [0.05, 0.1) is 0 Å². The van der Waals surface area contributed by atoms with Gasteiger partial charge in [0, 0.05) is 30.7 Å². The van der Waals surface area contributed by atoms with Crippen molar-refractivity contribution in [3.05, 3.63) is 83.9 Å². The van der Waals surface area contributed by atoms with Crippen LogP contribution in [0.5, 0.6) is 0 Å². The first-order chi connectivity index (χ1) is 15.5. The molecule has 166 valence electrons. The smallest absolute Gasteiger partial charge is 0.253 e. The third kappa shape index (κ3) is 5.15. The van der Waals surface area contributed by atoms with Crippen LogP contribution < -0.4 is 11.1 Å². The Bertz CT molecular complexity index is 1080. The van der Waals surface area contributed by atoms with E-state index < -0.39 is 18.1 Å². The van der Waals surface area contributed by atoms with Crippen molar-refractivity contribution < 1.29 is 14.7 Å². The first kappa shape index (κ1) is 22.0. The van der Waals surface area contributed by atoms with Crippen LogP contribution in [0, 0.1) is 0 Å². The maximum absolute atomic E-state index is 13.0. The number of benzene rings is 3. The van der Waals surface area contributed by atoms with E-state index in [-0.39, 0.29) is 11.9 Å². The molecule has 3 aromatic carbocycles. The fraction of sp³-hybridized carbons (Fsp3) is 0.308. The lowest BCUT2D eigenvalue weighted by Crippen LogP contribution is -2.54. The minimum Gasteiger partial charge on any atom is -0.382 e. The Hall–Kier alpha value is -3.22. The summed E-state index contributed by atoms with van der Waals surface area (Å²) in [5, 5.41) is 15.9. The lowest BCUT2D eigenvalue weighted by molar-refractivity contribution is -0.127. The van der Waals surface area contributed by atoms with Crippen LogP contribution in [0.3, 0.4) is 0 Å². The maximum atomic E-state index is 13.0. The molecule has 0 bridgehead atoms. The molecule has 1 saturated heterocycles. The van der Waals surface area contributed by atoms with E-state index in [4.69, 9.17) is 5.73 Å². The summed E-state index contributed by atoms with van der Waals surface area (Å²) in [5.74, 6) is -0.699. The molecule has 6 nitrogen and oxygen atoms in total. The van der Waals surface area contributed by atoms with Gasteiger partial charge in [0.2, 0.25) is 5.91 Å². The molecule has 2 atom stereocenters. The normalized spacial score (nSPS) is 16.6. The maximum Gasteiger partial charge on any atom is 0.253 e. The summed E-state index contributed by atoms with van der Waals surface area (Å²) in [6, 6.07) is 23.2. The predicted molar refractivity (Wildman–Crippen MR) is 125 cm³/mol. The molecular formula is C26H29N3O3. The summed E-state index contributed by atoms with van der Waals surface area (Å²) >= 11 is 0. The van der Waals surface area contributed by atoms with E-state index in [0.717, 1.165) is 29.2 Å². The minimum absolute atomic E-state index is 0.0345. The number of carbonyl (C=O) groups is 2.